The second-order valence-corrected chi connectivity index (χ2v) is 3.32. The Kier molecular flexibility index (Phi) is 2.10. The number of hydrogen-bond donors (Lipinski definition) is 0. The van der Waals surface area contributed by atoms with Crippen molar-refractivity contribution in [1.82, 2.24) is 9.55 Å². The van der Waals surface area contributed by atoms with Gasteiger partial charge in [0.05, 0.1) is 6.20 Å². The number of imidazole rings is 1. The Morgan fingerprint density at radius 1 is 1.60 bits per heavy atom. The monoisotopic (exact) mass is 274 g/mol. The van der Waals surface area contributed by atoms with E-state index in [1.807, 2.05) is 0 Å². The molecule has 0 amide bonds. The molecule has 0 aliphatic carbocycles. The van der Waals surface area contributed by atoms with Crippen LogP contribution in [0.15, 0.2) is 17.1 Å². The summed E-state index contributed by atoms with van der Waals surface area (Å²) in [5, 5.41) is 0. The third-order valence-corrected chi connectivity index (χ3v) is 1.84. The minimum atomic E-state index is -3.07. The molecule has 1 aromatic heterocycles. The number of aromatic nitrogens is 2. The van der Waals surface area contributed by atoms with Crippen LogP contribution in [0.3, 0.4) is 0 Å². The van der Waals surface area contributed by atoms with Crippen LogP contribution in [0.5, 0.6) is 0 Å². The number of rotatable bonds is 1. The number of halogens is 4. The van der Waals surface area contributed by atoms with Gasteiger partial charge in [-0.15, -0.1) is 0 Å². The second kappa shape index (κ2) is 2.58. The van der Waals surface area contributed by atoms with Crippen LogP contribution in [0.4, 0.5) is 8.78 Å². The van der Waals surface area contributed by atoms with Gasteiger partial charge < -0.3 is 0 Å². The van der Waals surface area contributed by atoms with E-state index in [2.05, 4.69) is 36.8 Å². The first-order valence-corrected chi connectivity index (χ1v) is 3.85. The fourth-order valence-electron chi connectivity index (χ4n) is 0.465. The Hall–Kier alpha value is 0.0300. The molecule has 0 saturated carbocycles. The second-order valence-electron chi connectivity index (χ2n) is 1.55. The Bertz CT molecular complexity index is 229. The molecule has 0 unspecified atom stereocenters. The van der Waals surface area contributed by atoms with Crippen LogP contribution >= 0.6 is 31.9 Å². The summed E-state index contributed by atoms with van der Waals surface area (Å²) in [4.78, 5) is 0.427. The summed E-state index contributed by atoms with van der Waals surface area (Å²) in [6.45, 7) is 0. The summed E-state index contributed by atoms with van der Waals surface area (Å²) in [5.74, 6) is 0. The van der Waals surface area contributed by atoms with Crippen molar-refractivity contribution >= 4 is 31.9 Å². The van der Waals surface area contributed by atoms with Gasteiger partial charge in [-0.2, -0.15) is 8.78 Å². The average Bonchev–Trinajstić information content (AvgIpc) is 2.11. The zero-order valence-corrected chi connectivity index (χ0v) is 7.73. The molecule has 0 N–H and O–H groups in total. The van der Waals surface area contributed by atoms with Crippen molar-refractivity contribution in [3.63, 3.8) is 0 Å². The molecule has 0 aliphatic heterocycles. The summed E-state index contributed by atoms with van der Waals surface area (Å²) < 4.78 is 25.6. The molecule has 10 heavy (non-hydrogen) atoms. The number of alkyl halides is 3. The lowest BCUT2D eigenvalue weighted by Gasteiger charge is -2.09. The van der Waals surface area contributed by atoms with E-state index < -0.39 is 4.96 Å². The average molecular weight is 276 g/mol. The standard InChI is InChI=1S/C4H2Br2F2N2/c5-3-1-9-2-10(3)4(6,7)8/h1-2H. The van der Waals surface area contributed by atoms with Gasteiger partial charge in [0.1, 0.15) is 10.9 Å². The smallest absolute Gasteiger partial charge is 0.255 e. The van der Waals surface area contributed by atoms with Crippen molar-refractivity contribution in [2.24, 2.45) is 0 Å². The maximum absolute atomic E-state index is 12.4. The van der Waals surface area contributed by atoms with Gasteiger partial charge in [-0.1, -0.05) is 0 Å². The van der Waals surface area contributed by atoms with Crippen LogP contribution in [-0.4, -0.2) is 9.55 Å². The van der Waals surface area contributed by atoms with E-state index in [4.69, 9.17) is 0 Å². The van der Waals surface area contributed by atoms with Crippen molar-refractivity contribution in [2.75, 3.05) is 0 Å². The first-order valence-electron chi connectivity index (χ1n) is 2.27. The minimum absolute atomic E-state index is 0.231. The highest BCUT2D eigenvalue weighted by atomic mass is 79.9. The minimum Gasteiger partial charge on any atom is -0.255 e. The zero-order valence-electron chi connectivity index (χ0n) is 4.56. The Morgan fingerprint density at radius 2 is 2.20 bits per heavy atom. The van der Waals surface area contributed by atoms with Crippen LogP contribution < -0.4 is 0 Å². The molecule has 0 aromatic carbocycles. The number of hydrogen-bond acceptors (Lipinski definition) is 1. The van der Waals surface area contributed by atoms with E-state index in [1.165, 1.54) is 6.20 Å². The fourth-order valence-corrected chi connectivity index (χ4v) is 1.42. The molecule has 0 bridgehead atoms. The highest BCUT2D eigenvalue weighted by Gasteiger charge is 2.27. The van der Waals surface area contributed by atoms with Crippen LogP contribution in [0.2, 0.25) is 0 Å². The van der Waals surface area contributed by atoms with Gasteiger partial charge >= 0.3 is 4.96 Å². The summed E-state index contributed by atoms with van der Waals surface area (Å²) in [5.41, 5.74) is 0. The molecule has 6 heteroatoms. The molecule has 0 spiro atoms. The molecular weight excluding hydrogens is 274 g/mol. The molecule has 0 radical (unpaired) electrons. The fraction of sp³-hybridized carbons (Fsp3) is 0.250. The van der Waals surface area contributed by atoms with Gasteiger partial charge in [0, 0.05) is 15.9 Å². The SMILES string of the molecule is FC(F)(Br)n1cncc1Br. The molecule has 0 fully saturated rings. The van der Waals surface area contributed by atoms with Crippen molar-refractivity contribution in [3.05, 3.63) is 17.1 Å². The van der Waals surface area contributed by atoms with E-state index in [0.29, 0.717) is 4.57 Å². The van der Waals surface area contributed by atoms with Crippen LogP contribution in [0.25, 0.3) is 0 Å². The number of nitrogens with zero attached hydrogens (tertiary/aromatic N) is 2. The van der Waals surface area contributed by atoms with E-state index >= 15 is 0 Å². The molecule has 1 aromatic rings. The largest absolute Gasteiger partial charge is 0.388 e. The highest BCUT2D eigenvalue weighted by Crippen LogP contribution is 2.30. The Morgan fingerprint density at radius 3 is 2.40 bits per heavy atom. The Labute approximate surface area is 72.5 Å². The maximum Gasteiger partial charge on any atom is 0.388 e. The predicted molar refractivity (Wildman–Crippen MR) is 39.0 cm³/mol. The van der Waals surface area contributed by atoms with Gasteiger partial charge in [0.15, 0.2) is 0 Å². The topological polar surface area (TPSA) is 17.8 Å². The van der Waals surface area contributed by atoms with Crippen molar-refractivity contribution in [3.8, 4) is 0 Å². The van der Waals surface area contributed by atoms with E-state index in [1.54, 1.807) is 0 Å². The highest BCUT2D eigenvalue weighted by molar-refractivity contribution is 9.10. The molecule has 2 nitrogen and oxygen atoms in total. The lowest BCUT2D eigenvalue weighted by Crippen LogP contribution is -2.13. The van der Waals surface area contributed by atoms with E-state index in [9.17, 15) is 8.78 Å². The quantitative estimate of drug-likeness (QED) is 0.721. The van der Waals surface area contributed by atoms with Gasteiger partial charge in [-0.05, 0) is 15.9 Å². The van der Waals surface area contributed by atoms with Crippen LogP contribution in [0.1, 0.15) is 0 Å². The molecule has 1 rings (SSSR count). The third-order valence-electron chi connectivity index (χ3n) is 0.866. The van der Waals surface area contributed by atoms with Crippen molar-refractivity contribution < 1.29 is 8.78 Å². The summed E-state index contributed by atoms with van der Waals surface area (Å²) in [6, 6.07) is 0. The van der Waals surface area contributed by atoms with Gasteiger partial charge in [0.25, 0.3) is 0 Å². The zero-order chi connectivity index (χ0) is 7.78. The van der Waals surface area contributed by atoms with E-state index in [-0.39, 0.29) is 4.60 Å². The van der Waals surface area contributed by atoms with Crippen molar-refractivity contribution in [2.45, 2.75) is 4.96 Å². The predicted octanol–water partition coefficient (Wildman–Crippen LogP) is 2.55. The van der Waals surface area contributed by atoms with Crippen LogP contribution in [-0.2, 0) is 4.96 Å². The van der Waals surface area contributed by atoms with Crippen molar-refractivity contribution in [1.29, 1.82) is 0 Å². The first kappa shape index (κ1) is 8.13. The molecule has 1 heterocycles. The maximum atomic E-state index is 12.4. The summed E-state index contributed by atoms with van der Waals surface area (Å²) >= 11 is 5.07. The third kappa shape index (κ3) is 1.54. The molecule has 56 valence electrons. The van der Waals surface area contributed by atoms with Crippen LogP contribution in [0, 0.1) is 0 Å². The lowest BCUT2D eigenvalue weighted by atomic mass is 10.9. The molecule has 0 atom stereocenters. The lowest BCUT2D eigenvalue weighted by molar-refractivity contribution is 0.0308. The van der Waals surface area contributed by atoms with Gasteiger partial charge in [-0.25, -0.2) is 4.98 Å². The van der Waals surface area contributed by atoms with Gasteiger partial charge in [-0.3, -0.25) is 4.57 Å². The molecule has 0 aliphatic rings. The Balaban J connectivity index is 3.05. The molecule has 0 saturated heterocycles. The summed E-state index contributed by atoms with van der Waals surface area (Å²) in [7, 11) is 0. The van der Waals surface area contributed by atoms with E-state index in [0.717, 1.165) is 6.33 Å². The normalized spacial score (nSPS) is 12.0. The molecular formula is C4H2Br2F2N2. The first-order chi connectivity index (χ1) is 4.52. The van der Waals surface area contributed by atoms with Gasteiger partial charge in [0.2, 0.25) is 0 Å². The summed E-state index contributed by atoms with van der Waals surface area (Å²) in [6.07, 6.45) is 2.31.